The zero-order valence-electron chi connectivity index (χ0n) is 10.8. The standard InChI is InChI=1S/C13H16O6/c1-13(15,12(14)16-2)7-17-6-9-3-4-10-11(5-9)19-8-18-10/h3-5,15H,6-8H2,1-2H3. The molecule has 104 valence electrons. The number of fused-ring (bicyclic) bond motifs is 1. The lowest BCUT2D eigenvalue weighted by Crippen LogP contribution is -2.40. The van der Waals surface area contributed by atoms with Gasteiger partial charge in [-0.05, 0) is 24.6 Å². The summed E-state index contributed by atoms with van der Waals surface area (Å²) < 4.78 is 20.2. The molecule has 6 nitrogen and oxygen atoms in total. The van der Waals surface area contributed by atoms with E-state index in [1.165, 1.54) is 14.0 Å². The number of methoxy groups -OCH3 is 1. The summed E-state index contributed by atoms with van der Waals surface area (Å²) in [7, 11) is 1.22. The van der Waals surface area contributed by atoms with Crippen molar-refractivity contribution < 1.29 is 28.8 Å². The summed E-state index contributed by atoms with van der Waals surface area (Å²) in [5, 5.41) is 9.77. The zero-order valence-corrected chi connectivity index (χ0v) is 10.8. The van der Waals surface area contributed by atoms with Crippen LogP contribution in [0.5, 0.6) is 11.5 Å². The lowest BCUT2D eigenvalue weighted by atomic mass is 10.1. The number of hydrogen-bond acceptors (Lipinski definition) is 6. The lowest BCUT2D eigenvalue weighted by molar-refractivity contribution is -0.167. The van der Waals surface area contributed by atoms with E-state index in [9.17, 15) is 9.90 Å². The van der Waals surface area contributed by atoms with Crippen LogP contribution in [0.3, 0.4) is 0 Å². The van der Waals surface area contributed by atoms with Crippen molar-refractivity contribution in [1.29, 1.82) is 0 Å². The number of benzene rings is 1. The first-order valence-electron chi connectivity index (χ1n) is 5.80. The van der Waals surface area contributed by atoms with E-state index in [-0.39, 0.29) is 20.0 Å². The molecule has 0 aromatic heterocycles. The fourth-order valence-electron chi connectivity index (χ4n) is 1.68. The van der Waals surface area contributed by atoms with Crippen molar-refractivity contribution in [2.24, 2.45) is 0 Å². The van der Waals surface area contributed by atoms with Gasteiger partial charge in [0.25, 0.3) is 0 Å². The normalized spacial score (nSPS) is 15.9. The molecule has 6 heteroatoms. The van der Waals surface area contributed by atoms with Gasteiger partial charge in [0, 0.05) is 0 Å². The van der Waals surface area contributed by atoms with Crippen LogP contribution < -0.4 is 9.47 Å². The van der Waals surface area contributed by atoms with Crippen molar-refractivity contribution >= 4 is 5.97 Å². The smallest absolute Gasteiger partial charge is 0.339 e. The molecule has 0 fully saturated rings. The van der Waals surface area contributed by atoms with Crippen molar-refractivity contribution in [3.05, 3.63) is 23.8 Å². The summed E-state index contributed by atoms with van der Waals surface area (Å²) in [5.41, 5.74) is -0.782. The van der Waals surface area contributed by atoms with Crippen LogP contribution in [0.25, 0.3) is 0 Å². The fraction of sp³-hybridized carbons (Fsp3) is 0.462. The van der Waals surface area contributed by atoms with Gasteiger partial charge in [-0.25, -0.2) is 4.79 Å². The largest absolute Gasteiger partial charge is 0.467 e. The van der Waals surface area contributed by atoms with Crippen LogP contribution in [0.1, 0.15) is 12.5 Å². The molecule has 0 spiro atoms. The van der Waals surface area contributed by atoms with E-state index in [2.05, 4.69) is 4.74 Å². The SMILES string of the molecule is COC(=O)C(C)(O)COCc1ccc2c(c1)OCO2. The number of hydrogen-bond donors (Lipinski definition) is 1. The molecule has 1 N–H and O–H groups in total. The number of carbonyl (C=O) groups is 1. The molecule has 2 rings (SSSR count). The maximum Gasteiger partial charge on any atom is 0.339 e. The van der Waals surface area contributed by atoms with Crippen molar-refractivity contribution in [2.75, 3.05) is 20.5 Å². The number of ether oxygens (including phenoxy) is 4. The summed E-state index contributed by atoms with van der Waals surface area (Å²) in [4.78, 5) is 11.2. The maximum absolute atomic E-state index is 11.2. The summed E-state index contributed by atoms with van der Waals surface area (Å²) in [6, 6.07) is 5.43. The van der Waals surface area contributed by atoms with Crippen LogP contribution >= 0.6 is 0 Å². The average molecular weight is 268 g/mol. The van der Waals surface area contributed by atoms with Gasteiger partial charge in [-0.2, -0.15) is 0 Å². The Labute approximate surface area is 110 Å². The topological polar surface area (TPSA) is 74.2 Å². The Balaban J connectivity index is 1.88. The van der Waals surface area contributed by atoms with E-state index in [1.54, 1.807) is 12.1 Å². The predicted octanol–water partition coefficient (Wildman–Crippen LogP) is 0.856. The zero-order chi connectivity index (χ0) is 13.9. The maximum atomic E-state index is 11.2. The molecule has 0 aliphatic carbocycles. The first kappa shape index (κ1) is 13.6. The Morgan fingerprint density at radius 3 is 2.89 bits per heavy atom. The molecular formula is C13H16O6. The molecule has 19 heavy (non-hydrogen) atoms. The lowest BCUT2D eigenvalue weighted by Gasteiger charge is -2.19. The van der Waals surface area contributed by atoms with Crippen LogP contribution in [-0.2, 0) is 20.9 Å². The summed E-state index contributed by atoms with van der Waals surface area (Å²) in [5.74, 6) is 0.643. The predicted molar refractivity (Wildman–Crippen MR) is 64.9 cm³/mol. The highest BCUT2D eigenvalue weighted by Crippen LogP contribution is 2.32. The minimum atomic E-state index is -1.65. The molecule has 1 heterocycles. The third kappa shape index (κ3) is 3.15. The monoisotopic (exact) mass is 268 g/mol. The van der Waals surface area contributed by atoms with Crippen LogP contribution in [-0.4, -0.2) is 37.2 Å². The second kappa shape index (κ2) is 5.46. The van der Waals surface area contributed by atoms with Gasteiger partial charge < -0.3 is 24.1 Å². The number of carbonyl (C=O) groups excluding carboxylic acids is 1. The van der Waals surface area contributed by atoms with Crippen LogP contribution in [0.2, 0.25) is 0 Å². The summed E-state index contributed by atoms with van der Waals surface area (Å²) >= 11 is 0. The molecule has 1 aromatic rings. The average Bonchev–Trinajstić information content (AvgIpc) is 2.84. The molecule has 1 atom stereocenters. The van der Waals surface area contributed by atoms with E-state index in [0.717, 1.165) is 5.56 Å². The van der Waals surface area contributed by atoms with Gasteiger partial charge >= 0.3 is 5.97 Å². The van der Waals surface area contributed by atoms with Crippen molar-refractivity contribution in [1.82, 2.24) is 0 Å². The van der Waals surface area contributed by atoms with E-state index in [0.29, 0.717) is 11.5 Å². The minimum Gasteiger partial charge on any atom is -0.467 e. The third-order valence-corrected chi connectivity index (χ3v) is 2.71. The molecule has 1 aromatic carbocycles. The van der Waals surface area contributed by atoms with Crippen LogP contribution in [0.15, 0.2) is 18.2 Å². The Bertz CT molecular complexity index is 468. The van der Waals surface area contributed by atoms with Gasteiger partial charge in [0.1, 0.15) is 0 Å². The van der Waals surface area contributed by atoms with Crippen LogP contribution in [0.4, 0.5) is 0 Å². The second-order valence-electron chi connectivity index (χ2n) is 4.45. The van der Waals surface area contributed by atoms with Crippen molar-refractivity contribution in [3.63, 3.8) is 0 Å². The van der Waals surface area contributed by atoms with E-state index < -0.39 is 11.6 Å². The minimum absolute atomic E-state index is 0.145. The van der Waals surface area contributed by atoms with Gasteiger partial charge in [0.15, 0.2) is 17.1 Å². The molecule has 0 amide bonds. The van der Waals surface area contributed by atoms with Gasteiger partial charge in [-0.1, -0.05) is 6.07 Å². The summed E-state index contributed by atoms with van der Waals surface area (Å²) in [6.07, 6.45) is 0. The molecule has 0 saturated carbocycles. The number of aliphatic hydroxyl groups is 1. The van der Waals surface area contributed by atoms with Crippen molar-refractivity contribution in [3.8, 4) is 11.5 Å². The Morgan fingerprint density at radius 2 is 2.16 bits per heavy atom. The van der Waals surface area contributed by atoms with E-state index in [1.807, 2.05) is 6.07 Å². The molecule has 1 unspecified atom stereocenters. The quantitative estimate of drug-likeness (QED) is 0.798. The molecule has 0 radical (unpaired) electrons. The van der Waals surface area contributed by atoms with Gasteiger partial charge in [-0.3, -0.25) is 0 Å². The first-order valence-corrected chi connectivity index (χ1v) is 5.80. The second-order valence-corrected chi connectivity index (χ2v) is 4.45. The molecule has 1 aliphatic heterocycles. The molecule has 0 saturated heterocycles. The first-order chi connectivity index (χ1) is 9.03. The Hall–Kier alpha value is -1.79. The third-order valence-electron chi connectivity index (χ3n) is 2.71. The highest BCUT2D eigenvalue weighted by molar-refractivity contribution is 5.78. The van der Waals surface area contributed by atoms with E-state index >= 15 is 0 Å². The Kier molecular flexibility index (Phi) is 3.92. The highest BCUT2D eigenvalue weighted by atomic mass is 16.7. The van der Waals surface area contributed by atoms with Gasteiger partial charge in [0.2, 0.25) is 6.79 Å². The fourth-order valence-corrected chi connectivity index (χ4v) is 1.68. The molecule has 0 bridgehead atoms. The molecule has 1 aliphatic rings. The van der Waals surface area contributed by atoms with Gasteiger partial charge in [0.05, 0.1) is 20.3 Å². The number of esters is 1. The summed E-state index contributed by atoms with van der Waals surface area (Å²) in [6.45, 7) is 1.67. The highest BCUT2D eigenvalue weighted by Gasteiger charge is 2.31. The number of rotatable bonds is 5. The van der Waals surface area contributed by atoms with E-state index in [4.69, 9.17) is 14.2 Å². The van der Waals surface area contributed by atoms with Crippen molar-refractivity contribution in [2.45, 2.75) is 19.1 Å². The Morgan fingerprint density at radius 1 is 1.42 bits per heavy atom. The van der Waals surface area contributed by atoms with Crippen LogP contribution in [0, 0.1) is 0 Å². The molecular weight excluding hydrogens is 252 g/mol. The van der Waals surface area contributed by atoms with Gasteiger partial charge in [-0.15, -0.1) is 0 Å².